The van der Waals surface area contributed by atoms with Crippen molar-refractivity contribution in [2.24, 2.45) is 0 Å². The Hall–Kier alpha value is -2.38. The standard InChI is InChI=1S/C20H22N4OS2/c1-14-23-16(12-26-14)13-27-18-9-5-4-8-17(18)20(25)22-11-15-7-6-10-21-19(15)24(2)3/h4-10,12H,11,13H2,1-3H3,(H,22,25). The van der Waals surface area contributed by atoms with Gasteiger partial charge in [-0.2, -0.15) is 0 Å². The van der Waals surface area contributed by atoms with Crippen LogP contribution in [0.25, 0.3) is 0 Å². The third-order valence-corrected chi connectivity index (χ3v) is 5.83. The monoisotopic (exact) mass is 398 g/mol. The van der Waals surface area contributed by atoms with E-state index in [1.807, 2.05) is 62.3 Å². The first-order valence-corrected chi connectivity index (χ1v) is 10.4. The van der Waals surface area contributed by atoms with Crippen LogP contribution in [0.15, 0.2) is 52.9 Å². The number of rotatable bonds is 7. The molecule has 0 atom stereocenters. The summed E-state index contributed by atoms with van der Waals surface area (Å²) in [6.45, 7) is 2.44. The molecule has 0 bridgehead atoms. The Kier molecular flexibility index (Phi) is 6.47. The molecule has 0 aliphatic rings. The van der Waals surface area contributed by atoms with Crippen LogP contribution in [0.3, 0.4) is 0 Å². The number of thiazole rings is 1. The Morgan fingerprint density at radius 1 is 1.22 bits per heavy atom. The highest BCUT2D eigenvalue weighted by Gasteiger charge is 2.13. The van der Waals surface area contributed by atoms with E-state index in [4.69, 9.17) is 0 Å². The number of amides is 1. The number of anilines is 1. The van der Waals surface area contributed by atoms with Gasteiger partial charge in [0, 0.05) is 48.4 Å². The maximum atomic E-state index is 12.8. The summed E-state index contributed by atoms with van der Waals surface area (Å²) in [6, 6.07) is 11.5. The van der Waals surface area contributed by atoms with Crippen molar-refractivity contribution in [1.82, 2.24) is 15.3 Å². The van der Waals surface area contributed by atoms with Gasteiger partial charge in [0.2, 0.25) is 0 Å². The number of thioether (sulfide) groups is 1. The molecule has 27 heavy (non-hydrogen) atoms. The Bertz CT molecular complexity index is 924. The predicted octanol–water partition coefficient (Wildman–Crippen LogP) is 4.13. The lowest BCUT2D eigenvalue weighted by atomic mass is 10.2. The van der Waals surface area contributed by atoms with Crippen LogP contribution in [-0.2, 0) is 12.3 Å². The van der Waals surface area contributed by atoms with E-state index in [-0.39, 0.29) is 5.91 Å². The molecule has 140 valence electrons. The van der Waals surface area contributed by atoms with Crippen molar-refractivity contribution < 1.29 is 4.79 Å². The maximum absolute atomic E-state index is 12.8. The van der Waals surface area contributed by atoms with Crippen LogP contribution < -0.4 is 10.2 Å². The van der Waals surface area contributed by atoms with E-state index in [0.29, 0.717) is 12.1 Å². The lowest BCUT2D eigenvalue weighted by molar-refractivity contribution is 0.0948. The molecule has 2 heterocycles. The number of hydrogen-bond acceptors (Lipinski definition) is 6. The highest BCUT2D eigenvalue weighted by Crippen LogP contribution is 2.27. The minimum atomic E-state index is -0.0823. The molecule has 0 unspecified atom stereocenters. The fourth-order valence-corrected chi connectivity index (χ4v) is 4.31. The second-order valence-electron chi connectivity index (χ2n) is 6.21. The molecule has 0 saturated carbocycles. The van der Waals surface area contributed by atoms with Crippen LogP contribution in [0.2, 0.25) is 0 Å². The molecule has 0 radical (unpaired) electrons. The first kappa shape index (κ1) is 19.4. The second kappa shape index (κ2) is 9.01. The van der Waals surface area contributed by atoms with Gasteiger partial charge in [0.25, 0.3) is 5.91 Å². The molecular weight excluding hydrogens is 376 g/mol. The zero-order chi connectivity index (χ0) is 19.2. The van der Waals surface area contributed by atoms with Crippen molar-refractivity contribution >= 4 is 34.8 Å². The quantitative estimate of drug-likeness (QED) is 0.606. The Morgan fingerprint density at radius 3 is 2.78 bits per heavy atom. The van der Waals surface area contributed by atoms with E-state index in [9.17, 15) is 4.79 Å². The van der Waals surface area contributed by atoms with Crippen LogP contribution in [0.4, 0.5) is 5.82 Å². The average molecular weight is 399 g/mol. The molecule has 0 fully saturated rings. The number of pyridine rings is 1. The number of nitrogens with zero attached hydrogens (tertiary/aromatic N) is 3. The summed E-state index contributed by atoms with van der Waals surface area (Å²) < 4.78 is 0. The Labute approximate surface area is 167 Å². The van der Waals surface area contributed by atoms with E-state index >= 15 is 0 Å². The molecule has 0 saturated heterocycles. The third-order valence-electron chi connectivity index (χ3n) is 3.90. The zero-order valence-electron chi connectivity index (χ0n) is 15.6. The number of hydrogen-bond donors (Lipinski definition) is 1. The smallest absolute Gasteiger partial charge is 0.252 e. The molecule has 0 aliphatic heterocycles. The number of aryl methyl sites for hydroxylation is 1. The van der Waals surface area contributed by atoms with Gasteiger partial charge in [0.05, 0.1) is 16.3 Å². The topological polar surface area (TPSA) is 58.1 Å². The summed E-state index contributed by atoms with van der Waals surface area (Å²) in [5.41, 5.74) is 2.72. The van der Waals surface area contributed by atoms with Gasteiger partial charge in [-0.1, -0.05) is 18.2 Å². The van der Waals surface area contributed by atoms with Gasteiger partial charge in [-0.05, 0) is 25.1 Å². The molecule has 3 aromatic rings. The average Bonchev–Trinajstić information content (AvgIpc) is 3.10. The first-order chi connectivity index (χ1) is 13.0. The second-order valence-corrected chi connectivity index (χ2v) is 8.29. The SMILES string of the molecule is Cc1nc(CSc2ccccc2C(=O)NCc2cccnc2N(C)C)cs1. The largest absolute Gasteiger partial charge is 0.362 e. The first-order valence-electron chi connectivity index (χ1n) is 8.57. The van der Waals surface area contributed by atoms with Crippen molar-refractivity contribution in [2.75, 3.05) is 19.0 Å². The molecule has 5 nitrogen and oxygen atoms in total. The Morgan fingerprint density at radius 2 is 2.04 bits per heavy atom. The van der Waals surface area contributed by atoms with E-state index < -0.39 is 0 Å². The third kappa shape index (κ3) is 5.08. The number of aromatic nitrogens is 2. The molecule has 3 rings (SSSR count). The summed E-state index contributed by atoms with van der Waals surface area (Å²) in [6.07, 6.45) is 1.76. The molecule has 0 aliphatic carbocycles. The molecule has 1 aromatic carbocycles. The van der Waals surface area contributed by atoms with Crippen molar-refractivity contribution in [2.45, 2.75) is 24.1 Å². The van der Waals surface area contributed by atoms with Gasteiger partial charge in [0.15, 0.2) is 0 Å². The summed E-state index contributed by atoms with van der Waals surface area (Å²) in [7, 11) is 3.89. The minimum absolute atomic E-state index is 0.0823. The van der Waals surface area contributed by atoms with E-state index in [0.717, 1.165) is 32.7 Å². The highest BCUT2D eigenvalue weighted by molar-refractivity contribution is 7.98. The van der Waals surface area contributed by atoms with Gasteiger partial charge in [-0.15, -0.1) is 23.1 Å². The number of nitrogens with one attached hydrogen (secondary N) is 1. The van der Waals surface area contributed by atoms with Crippen LogP contribution in [0.5, 0.6) is 0 Å². The molecule has 7 heteroatoms. The fraction of sp³-hybridized carbons (Fsp3) is 0.250. The summed E-state index contributed by atoms with van der Waals surface area (Å²) in [5.74, 6) is 1.53. The Balaban J connectivity index is 1.68. The number of benzene rings is 1. The number of carbonyl (C=O) groups excluding carboxylic acids is 1. The van der Waals surface area contributed by atoms with Gasteiger partial charge in [-0.3, -0.25) is 4.79 Å². The van der Waals surface area contributed by atoms with E-state index in [1.165, 1.54) is 0 Å². The molecule has 1 amide bonds. The normalized spacial score (nSPS) is 10.6. The van der Waals surface area contributed by atoms with Crippen molar-refractivity contribution in [3.05, 3.63) is 69.8 Å². The summed E-state index contributed by atoms with van der Waals surface area (Å²) in [4.78, 5) is 24.5. The van der Waals surface area contributed by atoms with Crippen molar-refractivity contribution in [3.63, 3.8) is 0 Å². The zero-order valence-corrected chi connectivity index (χ0v) is 17.2. The lowest BCUT2D eigenvalue weighted by Gasteiger charge is -2.16. The molecule has 0 spiro atoms. The van der Waals surface area contributed by atoms with Gasteiger partial charge >= 0.3 is 0 Å². The summed E-state index contributed by atoms with van der Waals surface area (Å²) in [5, 5.41) is 6.15. The van der Waals surface area contributed by atoms with Crippen LogP contribution in [0.1, 0.15) is 26.6 Å². The van der Waals surface area contributed by atoms with E-state index in [2.05, 4.69) is 20.7 Å². The molecular formula is C20H22N4OS2. The fourth-order valence-electron chi connectivity index (χ4n) is 2.65. The van der Waals surface area contributed by atoms with Crippen LogP contribution in [0, 0.1) is 6.92 Å². The van der Waals surface area contributed by atoms with Crippen molar-refractivity contribution in [3.8, 4) is 0 Å². The number of carbonyl (C=O) groups is 1. The van der Waals surface area contributed by atoms with Crippen LogP contribution in [-0.4, -0.2) is 30.0 Å². The highest BCUT2D eigenvalue weighted by atomic mass is 32.2. The lowest BCUT2D eigenvalue weighted by Crippen LogP contribution is -2.25. The molecule has 1 N–H and O–H groups in total. The van der Waals surface area contributed by atoms with Gasteiger partial charge in [0.1, 0.15) is 5.82 Å². The predicted molar refractivity (Wildman–Crippen MR) is 113 cm³/mol. The minimum Gasteiger partial charge on any atom is -0.362 e. The van der Waals surface area contributed by atoms with Gasteiger partial charge < -0.3 is 10.2 Å². The van der Waals surface area contributed by atoms with E-state index in [1.54, 1.807) is 29.3 Å². The van der Waals surface area contributed by atoms with Crippen molar-refractivity contribution in [1.29, 1.82) is 0 Å². The summed E-state index contributed by atoms with van der Waals surface area (Å²) >= 11 is 3.28. The van der Waals surface area contributed by atoms with Gasteiger partial charge in [-0.25, -0.2) is 9.97 Å². The molecule has 2 aromatic heterocycles. The maximum Gasteiger partial charge on any atom is 0.252 e. The van der Waals surface area contributed by atoms with Crippen LogP contribution >= 0.6 is 23.1 Å².